The van der Waals surface area contributed by atoms with E-state index in [0.717, 1.165) is 81.4 Å². The van der Waals surface area contributed by atoms with E-state index in [1.165, 1.54) is 17.7 Å². The van der Waals surface area contributed by atoms with Crippen molar-refractivity contribution in [1.29, 1.82) is 0 Å². The molecule has 0 amide bonds. The third kappa shape index (κ3) is 6.48. The number of benzene rings is 1. The first-order valence-electron chi connectivity index (χ1n) is 13.8. The second-order valence-corrected chi connectivity index (χ2v) is 10.4. The van der Waals surface area contributed by atoms with Crippen LogP contribution in [0.15, 0.2) is 30.3 Å². The number of pyridine rings is 1. The monoisotopic (exact) mass is 511 g/mol. The summed E-state index contributed by atoms with van der Waals surface area (Å²) in [7, 11) is 0. The summed E-state index contributed by atoms with van der Waals surface area (Å²) in [5.41, 5.74) is 3.72. The number of nitrogens with one attached hydrogen (secondary N) is 1. The Kier molecular flexibility index (Phi) is 8.69. The minimum absolute atomic E-state index is 0.0177. The zero-order valence-corrected chi connectivity index (χ0v) is 21.5. The molecule has 3 aliphatic heterocycles. The Labute approximate surface area is 218 Å². The van der Waals surface area contributed by atoms with Crippen LogP contribution in [0.4, 0.5) is 10.2 Å². The fourth-order valence-corrected chi connectivity index (χ4v) is 5.84. The maximum Gasteiger partial charge on any atom is 0.325 e. The highest BCUT2D eigenvalue weighted by atomic mass is 19.1. The number of likely N-dealkylation sites (tertiary alicyclic amines) is 1. The minimum atomic E-state index is -0.963. The number of fused-ring (bicyclic) bond motifs is 1. The van der Waals surface area contributed by atoms with Crippen LogP contribution in [0, 0.1) is 5.82 Å². The van der Waals surface area contributed by atoms with Gasteiger partial charge < -0.3 is 19.9 Å². The van der Waals surface area contributed by atoms with Crippen LogP contribution in [0.5, 0.6) is 0 Å². The van der Waals surface area contributed by atoms with Crippen molar-refractivity contribution in [2.45, 2.75) is 76.0 Å². The first-order valence-corrected chi connectivity index (χ1v) is 13.8. The summed E-state index contributed by atoms with van der Waals surface area (Å²) in [4.78, 5) is 19.1. The van der Waals surface area contributed by atoms with E-state index < -0.39 is 17.8 Å². The van der Waals surface area contributed by atoms with Crippen molar-refractivity contribution < 1.29 is 23.8 Å². The molecule has 37 heavy (non-hydrogen) atoms. The van der Waals surface area contributed by atoms with Gasteiger partial charge in [-0.25, -0.2) is 9.37 Å². The van der Waals surface area contributed by atoms with Crippen molar-refractivity contribution in [3.8, 4) is 0 Å². The SMILES string of the molecule is O=C(O)[C@@H](c1cc(F)ccc1[C@H]1CCCCO1)N1CC[C@H](OCCCCc2ccc3c(n2)NCCC3)C1. The largest absolute Gasteiger partial charge is 0.480 e. The smallest absolute Gasteiger partial charge is 0.325 e. The van der Waals surface area contributed by atoms with Crippen molar-refractivity contribution in [1.82, 2.24) is 9.88 Å². The fraction of sp³-hybridized carbons (Fsp3) is 0.586. The lowest BCUT2D eigenvalue weighted by molar-refractivity contribution is -0.143. The second-order valence-electron chi connectivity index (χ2n) is 10.4. The molecule has 200 valence electrons. The number of unbranched alkanes of at least 4 members (excludes halogenated alkanes) is 1. The maximum absolute atomic E-state index is 14.3. The maximum atomic E-state index is 14.3. The van der Waals surface area contributed by atoms with Gasteiger partial charge in [0.15, 0.2) is 0 Å². The van der Waals surface area contributed by atoms with Gasteiger partial charge in [0.25, 0.3) is 0 Å². The summed E-state index contributed by atoms with van der Waals surface area (Å²) in [5.74, 6) is -0.345. The van der Waals surface area contributed by atoms with Gasteiger partial charge in [0.05, 0.1) is 12.2 Å². The number of rotatable bonds is 10. The molecule has 3 aliphatic rings. The Balaban J connectivity index is 1.13. The van der Waals surface area contributed by atoms with E-state index in [1.54, 1.807) is 6.07 Å². The number of carboxylic acids is 1. The number of hydrogen-bond donors (Lipinski definition) is 2. The first kappa shape index (κ1) is 26.1. The number of carbonyl (C=O) groups is 1. The van der Waals surface area contributed by atoms with E-state index in [2.05, 4.69) is 17.4 Å². The molecule has 5 rings (SSSR count). The Morgan fingerprint density at radius 2 is 2.14 bits per heavy atom. The lowest BCUT2D eigenvalue weighted by atomic mass is 9.92. The average Bonchev–Trinajstić information content (AvgIpc) is 3.37. The Morgan fingerprint density at radius 1 is 1.22 bits per heavy atom. The van der Waals surface area contributed by atoms with Crippen molar-refractivity contribution in [3.05, 3.63) is 58.5 Å². The van der Waals surface area contributed by atoms with E-state index in [-0.39, 0.29) is 12.2 Å². The molecule has 1 aromatic carbocycles. The van der Waals surface area contributed by atoms with Gasteiger partial charge in [0, 0.05) is 38.5 Å². The number of aryl methyl sites for hydroxylation is 2. The molecule has 0 saturated carbocycles. The molecule has 4 heterocycles. The summed E-state index contributed by atoms with van der Waals surface area (Å²) in [6, 6.07) is 7.90. The number of nitrogens with zero attached hydrogens (tertiary/aromatic N) is 2. The average molecular weight is 512 g/mol. The second kappa shape index (κ2) is 12.3. The predicted molar refractivity (Wildman–Crippen MR) is 139 cm³/mol. The van der Waals surface area contributed by atoms with Crippen LogP contribution in [0.1, 0.15) is 79.5 Å². The van der Waals surface area contributed by atoms with E-state index in [9.17, 15) is 14.3 Å². The number of halogens is 1. The van der Waals surface area contributed by atoms with Gasteiger partial charge in [0.2, 0.25) is 0 Å². The standard InChI is InChI=1S/C29H38FN3O4/c30-21-10-12-24(26-8-2-4-17-37-26)25(18-21)27(29(34)35)33-15-13-23(19-33)36-16-3-1-7-22-11-9-20-6-5-14-31-28(20)32-22/h9-12,18,23,26-27H,1-8,13-17,19H2,(H,31,32)(H,34,35)/t23-,26+,27+/m0/s1. The van der Waals surface area contributed by atoms with E-state index in [4.69, 9.17) is 14.5 Å². The topological polar surface area (TPSA) is 83.9 Å². The van der Waals surface area contributed by atoms with Gasteiger partial charge in [-0.2, -0.15) is 0 Å². The van der Waals surface area contributed by atoms with Gasteiger partial charge in [-0.1, -0.05) is 12.1 Å². The van der Waals surface area contributed by atoms with Crippen molar-refractivity contribution >= 4 is 11.8 Å². The molecular formula is C29H38FN3O4. The van der Waals surface area contributed by atoms with Crippen molar-refractivity contribution in [2.24, 2.45) is 0 Å². The molecule has 2 aromatic rings. The summed E-state index contributed by atoms with van der Waals surface area (Å²) >= 11 is 0. The van der Waals surface area contributed by atoms with Crippen molar-refractivity contribution in [3.63, 3.8) is 0 Å². The minimum Gasteiger partial charge on any atom is -0.480 e. The van der Waals surface area contributed by atoms with Crippen LogP contribution in [0.2, 0.25) is 0 Å². The summed E-state index contributed by atoms with van der Waals surface area (Å²) in [6.45, 7) is 3.41. The van der Waals surface area contributed by atoms with Gasteiger partial charge in [-0.15, -0.1) is 0 Å². The molecule has 8 heteroatoms. The number of carboxylic acid groups (broad SMARTS) is 1. The fourth-order valence-electron chi connectivity index (χ4n) is 5.84. The highest BCUT2D eigenvalue weighted by Gasteiger charge is 2.36. The molecule has 0 bridgehead atoms. The molecule has 3 atom stereocenters. The van der Waals surface area contributed by atoms with Gasteiger partial charge in [-0.05, 0) is 92.7 Å². The van der Waals surface area contributed by atoms with Crippen LogP contribution < -0.4 is 5.32 Å². The number of aromatic nitrogens is 1. The van der Waals surface area contributed by atoms with Crippen LogP contribution in [0.25, 0.3) is 0 Å². The van der Waals surface area contributed by atoms with E-state index in [1.807, 2.05) is 4.90 Å². The third-order valence-electron chi connectivity index (χ3n) is 7.78. The normalized spacial score (nSPS) is 22.8. The number of ether oxygens (including phenoxy) is 2. The van der Waals surface area contributed by atoms with Crippen LogP contribution in [0.3, 0.4) is 0 Å². The molecule has 0 aliphatic carbocycles. The molecule has 2 fully saturated rings. The number of anilines is 1. The molecule has 1 aromatic heterocycles. The lowest BCUT2D eigenvalue weighted by Gasteiger charge is -2.30. The molecule has 0 unspecified atom stereocenters. The number of hydrogen-bond acceptors (Lipinski definition) is 6. The van der Waals surface area contributed by atoms with E-state index >= 15 is 0 Å². The first-order chi connectivity index (χ1) is 18.1. The molecule has 0 radical (unpaired) electrons. The molecule has 0 spiro atoms. The van der Waals surface area contributed by atoms with Crippen LogP contribution in [-0.2, 0) is 27.1 Å². The Hall–Kier alpha value is -2.55. The molecular weight excluding hydrogens is 473 g/mol. The predicted octanol–water partition coefficient (Wildman–Crippen LogP) is 5.06. The lowest BCUT2D eigenvalue weighted by Crippen LogP contribution is -2.34. The Morgan fingerprint density at radius 3 is 2.97 bits per heavy atom. The van der Waals surface area contributed by atoms with Gasteiger partial charge >= 0.3 is 5.97 Å². The zero-order chi connectivity index (χ0) is 25.6. The molecule has 2 N–H and O–H groups in total. The van der Waals surface area contributed by atoms with Gasteiger partial charge in [-0.3, -0.25) is 9.69 Å². The third-order valence-corrected chi connectivity index (χ3v) is 7.78. The van der Waals surface area contributed by atoms with Crippen molar-refractivity contribution in [2.75, 3.05) is 38.2 Å². The number of aliphatic carboxylic acids is 1. The Bertz CT molecular complexity index is 1080. The van der Waals surface area contributed by atoms with E-state index in [0.29, 0.717) is 31.9 Å². The zero-order valence-electron chi connectivity index (χ0n) is 21.5. The quantitative estimate of drug-likeness (QED) is 0.432. The molecule has 7 nitrogen and oxygen atoms in total. The highest BCUT2D eigenvalue weighted by molar-refractivity contribution is 5.76. The van der Waals surface area contributed by atoms with Gasteiger partial charge in [0.1, 0.15) is 17.7 Å². The summed E-state index contributed by atoms with van der Waals surface area (Å²) < 4.78 is 26.3. The van der Waals surface area contributed by atoms with Crippen LogP contribution >= 0.6 is 0 Å². The van der Waals surface area contributed by atoms with Crippen LogP contribution in [-0.4, -0.2) is 59.9 Å². The highest BCUT2D eigenvalue weighted by Crippen LogP contribution is 2.36. The molecule has 2 saturated heterocycles. The summed E-state index contributed by atoms with van der Waals surface area (Å²) in [5, 5.41) is 13.5. The summed E-state index contributed by atoms with van der Waals surface area (Å²) in [6.07, 6.45) is 8.53.